The highest BCUT2D eigenvalue weighted by atomic mass is 32.1. The number of ketones is 1. The molecular formula is C21H18N4O2S. The molecule has 3 rings (SSSR count). The minimum Gasteiger partial charge on any atom is -0.331 e. The molecule has 0 unspecified atom stereocenters. The van der Waals surface area contributed by atoms with Crippen molar-refractivity contribution in [3.05, 3.63) is 70.1 Å². The summed E-state index contributed by atoms with van der Waals surface area (Å²) in [4.78, 5) is 28.6. The lowest BCUT2D eigenvalue weighted by Crippen LogP contribution is -2.09. The van der Waals surface area contributed by atoms with E-state index in [0.29, 0.717) is 34.1 Å². The predicted molar refractivity (Wildman–Crippen MR) is 110 cm³/mol. The Kier molecular flexibility index (Phi) is 5.82. The average Bonchev–Trinajstić information content (AvgIpc) is 3.15. The normalized spacial score (nSPS) is 10.2. The number of nitrogens with one attached hydrogen (secondary N) is 2. The number of benzene rings is 2. The average molecular weight is 390 g/mol. The highest BCUT2D eigenvalue weighted by Gasteiger charge is 2.13. The standard InChI is InChI=1S/C21H18N4O2S/c1-3-19(26)24-18-12-28-21(25-18)23-17-10-16(8-7-13(17)2)20(27)15-6-4-5-14(9-15)11-22/h4-10,12H,3H2,1-2H3,(H,23,25)(H,24,26). The van der Waals surface area contributed by atoms with Crippen molar-refractivity contribution in [1.82, 2.24) is 4.98 Å². The molecule has 0 bridgehead atoms. The summed E-state index contributed by atoms with van der Waals surface area (Å²) in [6.45, 7) is 3.71. The number of aromatic nitrogens is 1. The second-order valence-electron chi connectivity index (χ2n) is 6.12. The smallest absolute Gasteiger partial charge is 0.225 e. The van der Waals surface area contributed by atoms with Gasteiger partial charge in [-0.2, -0.15) is 5.26 Å². The lowest BCUT2D eigenvalue weighted by molar-refractivity contribution is -0.115. The van der Waals surface area contributed by atoms with E-state index >= 15 is 0 Å². The summed E-state index contributed by atoms with van der Waals surface area (Å²) < 4.78 is 0. The van der Waals surface area contributed by atoms with Crippen molar-refractivity contribution in [2.45, 2.75) is 20.3 Å². The van der Waals surface area contributed by atoms with Gasteiger partial charge in [0, 0.05) is 28.6 Å². The van der Waals surface area contributed by atoms with Gasteiger partial charge in [-0.1, -0.05) is 31.2 Å². The van der Waals surface area contributed by atoms with E-state index in [2.05, 4.69) is 15.6 Å². The molecule has 0 radical (unpaired) electrons. The Labute approximate surface area is 166 Å². The fourth-order valence-electron chi connectivity index (χ4n) is 2.53. The Bertz CT molecular complexity index is 1080. The molecule has 2 aromatic carbocycles. The minimum atomic E-state index is -0.157. The van der Waals surface area contributed by atoms with Gasteiger partial charge < -0.3 is 10.6 Å². The SMILES string of the molecule is CCC(=O)Nc1csc(Nc2cc(C(=O)c3cccc(C#N)c3)ccc2C)n1. The first-order chi connectivity index (χ1) is 13.5. The molecule has 0 atom stereocenters. The zero-order valence-electron chi connectivity index (χ0n) is 15.4. The molecule has 0 spiro atoms. The summed E-state index contributed by atoms with van der Waals surface area (Å²) in [5, 5.41) is 17.3. The van der Waals surface area contributed by atoms with Crippen LogP contribution in [0.5, 0.6) is 0 Å². The molecule has 0 saturated heterocycles. The van der Waals surface area contributed by atoms with Crippen LogP contribution in [-0.4, -0.2) is 16.7 Å². The summed E-state index contributed by atoms with van der Waals surface area (Å²) in [5.41, 5.74) is 3.13. The molecule has 0 aliphatic carbocycles. The summed E-state index contributed by atoms with van der Waals surface area (Å²) in [5.74, 6) is 0.243. The number of anilines is 3. The molecule has 28 heavy (non-hydrogen) atoms. The van der Waals surface area contributed by atoms with Crippen LogP contribution in [0.1, 0.15) is 40.4 Å². The third-order valence-corrected chi connectivity index (χ3v) is 4.85. The molecule has 1 aromatic heterocycles. The predicted octanol–water partition coefficient (Wildman–Crippen LogP) is 4.65. The summed E-state index contributed by atoms with van der Waals surface area (Å²) in [6, 6.07) is 14.1. The molecule has 0 fully saturated rings. The van der Waals surface area contributed by atoms with Crippen LogP contribution in [0.25, 0.3) is 0 Å². The molecule has 6 nitrogen and oxygen atoms in total. The van der Waals surface area contributed by atoms with Crippen molar-refractivity contribution in [3.63, 3.8) is 0 Å². The molecule has 7 heteroatoms. The van der Waals surface area contributed by atoms with Crippen molar-refractivity contribution < 1.29 is 9.59 Å². The maximum atomic E-state index is 12.8. The zero-order valence-corrected chi connectivity index (χ0v) is 16.3. The number of amides is 1. The molecule has 0 saturated carbocycles. The number of hydrogen-bond acceptors (Lipinski definition) is 6. The van der Waals surface area contributed by atoms with E-state index in [9.17, 15) is 9.59 Å². The Morgan fingerprint density at radius 2 is 1.96 bits per heavy atom. The number of carbonyl (C=O) groups is 2. The third kappa shape index (κ3) is 4.42. The van der Waals surface area contributed by atoms with E-state index in [4.69, 9.17) is 5.26 Å². The van der Waals surface area contributed by atoms with Gasteiger partial charge in [0.05, 0.1) is 11.6 Å². The number of rotatable bonds is 6. The highest BCUT2D eigenvalue weighted by Crippen LogP contribution is 2.27. The Morgan fingerprint density at radius 3 is 2.71 bits per heavy atom. The van der Waals surface area contributed by atoms with Gasteiger partial charge in [0.1, 0.15) is 5.82 Å². The first-order valence-electron chi connectivity index (χ1n) is 8.68. The topological polar surface area (TPSA) is 94.9 Å². The van der Waals surface area contributed by atoms with Gasteiger partial charge in [-0.15, -0.1) is 11.3 Å². The van der Waals surface area contributed by atoms with Gasteiger partial charge in [-0.05, 0) is 30.7 Å². The van der Waals surface area contributed by atoms with E-state index in [0.717, 1.165) is 11.3 Å². The van der Waals surface area contributed by atoms with Crippen LogP contribution in [0.3, 0.4) is 0 Å². The van der Waals surface area contributed by atoms with Gasteiger partial charge >= 0.3 is 0 Å². The molecule has 0 aliphatic heterocycles. The summed E-state index contributed by atoms with van der Waals surface area (Å²) >= 11 is 1.36. The summed E-state index contributed by atoms with van der Waals surface area (Å²) in [6.07, 6.45) is 0.385. The zero-order chi connectivity index (χ0) is 20.1. The van der Waals surface area contributed by atoms with Crippen LogP contribution in [-0.2, 0) is 4.79 Å². The van der Waals surface area contributed by atoms with E-state index in [-0.39, 0.29) is 11.7 Å². The molecule has 2 N–H and O–H groups in total. The Morgan fingerprint density at radius 1 is 1.18 bits per heavy atom. The van der Waals surface area contributed by atoms with Crippen LogP contribution in [0.15, 0.2) is 47.8 Å². The third-order valence-electron chi connectivity index (χ3n) is 4.09. The molecule has 140 valence electrons. The van der Waals surface area contributed by atoms with Crippen LogP contribution in [0, 0.1) is 18.3 Å². The second-order valence-corrected chi connectivity index (χ2v) is 6.97. The van der Waals surface area contributed by atoms with E-state index in [1.807, 2.05) is 19.1 Å². The fourth-order valence-corrected chi connectivity index (χ4v) is 3.18. The van der Waals surface area contributed by atoms with E-state index in [1.54, 1.807) is 48.7 Å². The molecule has 1 heterocycles. The van der Waals surface area contributed by atoms with Crippen LogP contribution < -0.4 is 10.6 Å². The minimum absolute atomic E-state index is 0.0970. The maximum absolute atomic E-state index is 12.8. The maximum Gasteiger partial charge on any atom is 0.225 e. The van der Waals surface area contributed by atoms with E-state index < -0.39 is 0 Å². The van der Waals surface area contributed by atoms with Crippen molar-refractivity contribution in [2.24, 2.45) is 0 Å². The monoisotopic (exact) mass is 390 g/mol. The first kappa shape index (κ1) is 19.3. The van der Waals surface area contributed by atoms with Gasteiger partial charge in [0.15, 0.2) is 10.9 Å². The lowest BCUT2D eigenvalue weighted by atomic mass is 10.00. The van der Waals surface area contributed by atoms with Crippen molar-refractivity contribution in [3.8, 4) is 6.07 Å². The highest BCUT2D eigenvalue weighted by molar-refractivity contribution is 7.14. The van der Waals surface area contributed by atoms with Crippen LogP contribution in [0.2, 0.25) is 0 Å². The van der Waals surface area contributed by atoms with Gasteiger partial charge in [0.2, 0.25) is 5.91 Å². The van der Waals surface area contributed by atoms with Crippen molar-refractivity contribution >= 4 is 39.7 Å². The van der Waals surface area contributed by atoms with Gasteiger partial charge in [-0.25, -0.2) is 4.98 Å². The molecule has 3 aromatic rings. The summed E-state index contributed by atoms with van der Waals surface area (Å²) in [7, 11) is 0. The Hall–Kier alpha value is -3.50. The molecule has 0 aliphatic rings. The molecular weight excluding hydrogens is 372 g/mol. The first-order valence-corrected chi connectivity index (χ1v) is 9.56. The van der Waals surface area contributed by atoms with Crippen LogP contribution in [0.4, 0.5) is 16.6 Å². The number of aryl methyl sites for hydroxylation is 1. The van der Waals surface area contributed by atoms with Crippen molar-refractivity contribution in [2.75, 3.05) is 10.6 Å². The van der Waals surface area contributed by atoms with E-state index in [1.165, 1.54) is 11.3 Å². The van der Waals surface area contributed by atoms with Gasteiger partial charge in [-0.3, -0.25) is 9.59 Å². The number of nitriles is 1. The van der Waals surface area contributed by atoms with Crippen molar-refractivity contribution in [1.29, 1.82) is 5.26 Å². The largest absolute Gasteiger partial charge is 0.331 e. The molecule has 1 amide bonds. The quantitative estimate of drug-likeness (QED) is 0.598. The van der Waals surface area contributed by atoms with Crippen LogP contribution >= 0.6 is 11.3 Å². The van der Waals surface area contributed by atoms with Gasteiger partial charge in [0.25, 0.3) is 0 Å². The number of thiazole rings is 1. The lowest BCUT2D eigenvalue weighted by Gasteiger charge is -2.09. The second kappa shape index (κ2) is 8.46. The Balaban J connectivity index is 1.83. The number of hydrogen-bond donors (Lipinski definition) is 2. The number of nitrogens with zero attached hydrogens (tertiary/aromatic N) is 2. The number of carbonyl (C=O) groups excluding carboxylic acids is 2. The fraction of sp³-hybridized carbons (Fsp3) is 0.143.